The number of carbonyl (C=O) groups excluding carboxylic acids is 1. The highest BCUT2D eigenvalue weighted by Crippen LogP contribution is 2.34. The summed E-state index contributed by atoms with van der Waals surface area (Å²) in [6.07, 6.45) is 0. The number of thioether (sulfide) groups is 1. The van der Waals surface area contributed by atoms with E-state index in [4.69, 9.17) is 34.8 Å². The molecule has 1 atom stereocenters. The Morgan fingerprint density at radius 1 is 1.19 bits per heavy atom. The SMILES string of the molecule is Cc1nc(SC(C)C(=O)Nc2c(Cl)cc(Cl)cc2Cl)n(CC(C)C)c1C. The third-order valence-corrected chi connectivity index (χ3v) is 5.78. The van der Waals surface area contributed by atoms with Crippen molar-refractivity contribution in [3.8, 4) is 0 Å². The first-order valence-electron chi connectivity index (χ1n) is 8.26. The number of aryl methyl sites for hydroxylation is 1. The number of anilines is 1. The number of carbonyl (C=O) groups is 1. The number of hydrogen-bond acceptors (Lipinski definition) is 3. The number of imidazole rings is 1. The zero-order valence-corrected chi connectivity index (χ0v) is 18.4. The molecule has 0 aliphatic heterocycles. The minimum absolute atomic E-state index is 0.199. The molecule has 0 bridgehead atoms. The second-order valence-corrected chi connectivity index (χ2v) is 9.12. The number of nitrogens with one attached hydrogen (secondary N) is 1. The van der Waals surface area contributed by atoms with Gasteiger partial charge in [-0.15, -0.1) is 0 Å². The van der Waals surface area contributed by atoms with E-state index in [-0.39, 0.29) is 11.2 Å². The molecule has 1 aromatic heterocycles. The van der Waals surface area contributed by atoms with Gasteiger partial charge in [0, 0.05) is 17.3 Å². The van der Waals surface area contributed by atoms with Crippen molar-refractivity contribution < 1.29 is 4.79 Å². The van der Waals surface area contributed by atoms with E-state index in [1.807, 2.05) is 20.8 Å². The summed E-state index contributed by atoms with van der Waals surface area (Å²) in [5.74, 6) is 0.285. The summed E-state index contributed by atoms with van der Waals surface area (Å²) in [7, 11) is 0. The highest BCUT2D eigenvalue weighted by molar-refractivity contribution is 8.00. The molecule has 4 nitrogen and oxygen atoms in total. The third-order valence-electron chi connectivity index (χ3n) is 3.88. The molecule has 1 aromatic carbocycles. The average molecular weight is 435 g/mol. The molecule has 2 aromatic rings. The van der Waals surface area contributed by atoms with Crippen molar-refractivity contribution >= 4 is 58.2 Å². The molecule has 0 aliphatic carbocycles. The summed E-state index contributed by atoms with van der Waals surface area (Å²) < 4.78 is 2.16. The number of nitrogens with zero attached hydrogens (tertiary/aromatic N) is 2. The molecule has 2 rings (SSSR count). The number of benzene rings is 1. The largest absolute Gasteiger partial charge is 0.323 e. The van der Waals surface area contributed by atoms with Crippen LogP contribution < -0.4 is 5.32 Å². The topological polar surface area (TPSA) is 46.9 Å². The quantitative estimate of drug-likeness (QED) is 0.548. The van der Waals surface area contributed by atoms with E-state index in [0.717, 1.165) is 23.1 Å². The molecule has 0 spiro atoms. The Balaban J connectivity index is 2.17. The summed E-state index contributed by atoms with van der Waals surface area (Å²) in [5, 5.41) is 4.29. The predicted molar refractivity (Wildman–Crippen MR) is 112 cm³/mol. The Kier molecular flexibility index (Phi) is 7.31. The molecule has 8 heteroatoms. The smallest absolute Gasteiger partial charge is 0.237 e. The molecule has 0 aliphatic rings. The van der Waals surface area contributed by atoms with Crippen molar-refractivity contribution in [2.24, 2.45) is 5.92 Å². The van der Waals surface area contributed by atoms with Gasteiger partial charge in [0.2, 0.25) is 5.91 Å². The lowest BCUT2D eigenvalue weighted by Gasteiger charge is -2.16. The molecule has 1 amide bonds. The zero-order chi connectivity index (χ0) is 19.6. The molecule has 1 N–H and O–H groups in total. The van der Waals surface area contributed by atoms with Gasteiger partial charge in [-0.3, -0.25) is 4.79 Å². The van der Waals surface area contributed by atoms with Crippen LogP contribution in [0.25, 0.3) is 0 Å². The number of amides is 1. The van der Waals surface area contributed by atoms with Crippen molar-refractivity contribution in [3.63, 3.8) is 0 Å². The number of aromatic nitrogens is 2. The van der Waals surface area contributed by atoms with Crippen LogP contribution in [0.15, 0.2) is 17.3 Å². The molecule has 0 fully saturated rings. The first-order chi connectivity index (χ1) is 12.1. The number of rotatable bonds is 6. The Morgan fingerprint density at radius 2 is 1.77 bits per heavy atom. The molecule has 26 heavy (non-hydrogen) atoms. The van der Waals surface area contributed by atoms with Crippen LogP contribution in [0.1, 0.15) is 32.2 Å². The maximum Gasteiger partial charge on any atom is 0.237 e. The molecule has 142 valence electrons. The minimum Gasteiger partial charge on any atom is -0.323 e. The van der Waals surface area contributed by atoms with Gasteiger partial charge < -0.3 is 9.88 Å². The van der Waals surface area contributed by atoms with Crippen molar-refractivity contribution in [2.45, 2.75) is 51.6 Å². The molecule has 0 saturated heterocycles. The van der Waals surface area contributed by atoms with Crippen molar-refractivity contribution in [2.75, 3.05) is 5.32 Å². The minimum atomic E-state index is -0.370. The van der Waals surface area contributed by atoms with Gasteiger partial charge in [-0.05, 0) is 38.8 Å². The van der Waals surface area contributed by atoms with Gasteiger partial charge in [-0.1, -0.05) is 60.4 Å². The van der Waals surface area contributed by atoms with Crippen LogP contribution in [-0.4, -0.2) is 20.7 Å². The first-order valence-corrected chi connectivity index (χ1v) is 10.3. The van der Waals surface area contributed by atoms with Crippen molar-refractivity contribution in [1.29, 1.82) is 0 Å². The van der Waals surface area contributed by atoms with Crippen LogP contribution in [0.5, 0.6) is 0 Å². The first kappa shape index (κ1) is 21.4. The summed E-state index contributed by atoms with van der Waals surface area (Å²) in [5.41, 5.74) is 2.47. The third kappa shape index (κ3) is 5.10. The van der Waals surface area contributed by atoms with Crippen LogP contribution in [0, 0.1) is 19.8 Å². The predicted octanol–water partition coefficient (Wildman–Crippen LogP) is 6.24. The Hall–Kier alpha value is -0.880. The van der Waals surface area contributed by atoms with E-state index >= 15 is 0 Å². The Labute approximate surface area is 173 Å². The van der Waals surface area contributed by atoms with Gasteiger partial charge in [-0.2, -0.15) is 0 Å². The number of halogens is 3. The van der Waals surface area contributed by atoms with Crippen molar-refractivity contribution in [3.05, 3.63) is 38.6 Å². The highest BCUT2D eigenvalue weighted by Gasteiger charge is 2.22. The standard InChI is InChI=1S/C18H22Cl3N3OS/c1-9(2)8-24-11(4)10(3)22-18(24)26-12(5)17(25)23-16-14(20)6-13(19)7-15(16)21/h6-7,9,12H,8H2,1-5H3,(H,23,25). The Morgan fingerprint density at radius 3 is 2.31 bits per heavy atom. The average Bonchev–Trinajstić information content (AvgIpc) is 2.77. The van der Waals surface area contributed by atoms with Crippen LogP contribution in [0.4, 0.5) is 5.69 Å². The normalized spacial score (nSPS) is 12.5. The van der Waals surface area contributed by atoms with Crippen molar-refractivity contribution in [1.82, 2.24) is 9.55 Å². The van der Waals surface area contributed by atoms with Gasteiger partial charge in [0.05, 0.1) is 26.7 Å². The molecule has 0 radical (unpaired) electrons. The lowest BCUT2D eigenvalue weighted by atomic mass is 10.2. The maximum atomic E-state index is 12.6. The fraction of sp³-hybridized carbons (Fsp3) is 0.444. The number of hydrogen-bond donors (Lipinski definition) is 1. The van der Waals surface area contributed by atoms with Gasteiger partial charge in [0.25, 0.3) is 0 Å². The van der Waals surface area contributed by atoms with Crippen LogP contribution in [-0.2, 0) is 11.3 Å². The molecule has 1 heterocycles. The second-order valence-electron chi connectivity index (χ2n) is 6.56. The zero-order valence-electron chi connectivity index (χ0n) is 15.4. The van der Waals surface area contributed by atoms with Crippen LogP contribution in [0.3, 0.4) is 0 Å². The molecule has 1 unspecified atom stereocenters. The van der Waals surface area contributed by atoms with Crippen LogP contribution in [0.2, 0.25) is 15.1 Å². The fourth-order valence-electron chi connectivity index (χ4n) is 2.39. The molecule has 0 saturated carbocycles. The van der Waals surface area contributed by atoms with E-state index in [0.29, 0.717) is 26.7 Å². The van der Waals surface area contributed by atoms with E-state index in [1.54, 1.807) is 12.1 Å². The Bertz CT molecular complexity index is 797. The fourth-order valence-corrected chi connectivity index (χ4v) is 4.31. The summed E-state index contributed by atoms with van der Waals surface area (Å²) in [6.45, 7) is 11.0. The van der Waals surface area contributed by atoms with Gasteiger partial charge in [0.15, 0.2) is 5.16 Å². The van der Waals surface area contributed by atoms with Crippen LogP contribution >= 0.6 is 46.6 Å². The van der Waals surface area contributed by atoms with E-state index in [2.05, 4.69) is 28.7 Å². The summed E-state index contributed by atoms with van der Waals surface area (Å²) >= 11 is 19.6. The lowest BCUT2D eigenvalue weighted by molar-refractivity contribution is -0.115. The lowest BCUT2D eigenvalue weighted by Crippen LogP contribution is -2.23. The van der Waals surface area contributed by atoms with E-state index < -0.39 is 0 Å². The maximum absolute atomic E-state index is 12.6. The van der Waals surface area contributed by atoms with Gasteiger partial charge >= 0.3 is 0 Å². The summed E-state index contributed by atoms with van der Waals surface area (Å²) in [4.78, 5) is 17.2. The summed E-state index contributed by atoms with van der Waals surface area (Å²) in [6, 6.07) is 3.09. The molecular formula is C18H22Cl3N3OS. The van der Waals surface area contributed by atoms with Gasteiger partial charge in [-0.25, -0.2) is 4.98 Å². The molecular weight excluding hydrogens is 413 g/mol. The van der Waals surface area contributed by atoms with Gasteiger partial charge in [0.1, 0.15) is 0 Å². The second kappa shape index (κ2) is 8.87. The van der Waals surface area contributed by atoms with E-state index in [1.165, 1.54) is 11.8 Å². The monoisotopic (exact) mass is 433 g/mol. The highest BCUT2D eigenvalue weighted by atomic mass is 35.5. The van der Waals surface area contributed by atoms with E-state index in [9.17, 15) is 4.79 Å².